The summed E-state index contributed by atoms with van der Waals surface area (Å²) in [5.74, 6) is 0.855. The number of allylic oxidation sites excluding steroid dienone is 1. The number of nitrogens with zero attached hydrogens (tertiary/aromatic N) is 4. The number of halogens is 1. The standard InChI is InChI=1S/C17H18ClN5O2S/c1-11-3-8-16(25)23(21-11)9-15-19-20-17(22(15)2)26-10-14(24)12-4-6-13(18)7-5-12/h3-7,21H,8-10H2,1-2H3. The van der Waals surface area contributed by atoms with Crippen molar-refractivity contribution >= 4 is 35.1 Å². The lowest BCUT2D eigenvalue weighted by Gasteiger charge is -2.27. The number of benzene rings is 1. The van der Waals surface area contributed by atoms with E-state index in [-0.39, 0.29) is 17.4 Å². The summed E-state index contributed by atoms with van der Waals surface area (Å²) < 4.78 is 1.79. The van der Waals surface area contributed by atoms with Crippen molar-refractivity contribution in [3.8, 4) is 0 Å². The first kappa shape index (κ1) is 18.5. The molecule has 9 heteroatoms. The molecular weight excluding hydrogens is 374 g/mol. The second-order valence-corrected chi connectivity index (χ2v) is 7.24. The maximum absolute atomic E-state index is 12.3. The van der Waals surface area contributed by atoms with Gasteiger partial charge in [0.05, 0.1) is 5.75 Å². The summed E-state index contributed by atoms with van der Waals surface area (Å²) in [5.41, 5.74) is 4.55. The van der Waals surface area contributed by atoms with Crippen molar-refractivity contribution in [2.45, 2.75) is 25.0 Å². The maximum Gasteiger partial charge on any atom is 0.245 e. The number of aromatic nitrogens is 3. The zero-order valence-electron chi connectivity index (χ0n) is 14.4. The van der Waals surface area contributed by atoms with E-state index in [0.29, 0.717) is 34.5 Å². The molecule has 0 atom stereocenters. The van der Waals surface area contributed by atoms with E-state index in [0.717, 1.165) is 5.70 Å². The third kappa shape index (κ3) is 4.25. The fourth-order valence-electron chi connectivity index (χ4n) is 2.40. The van der Waals surface area contributed by atoms with Crippen LogP contribution in [0.15, 0.2) is 41.2 Å². The monoisotopic (exact) mass is 391 g/mol. The van der Waals surface area contributed by atoms with Gasteiger partial charge >= 0.3 is 0 Å². The molecule has 1 aliphatic rings. The predicted octanol–water partition coefficient (Wildman–Crippen LogP) is 2.58. The van der Waals surface area contributed by atoms with Crippen LogP contribution in [0, 0.1) is 0 Å². The van der Waals surface area contributed by atoms with Gasteiger partial charge in [0.2, 0.25) is 5.91 Å². The number of hydrogen-bond donors (Lipinski definition) is 1. The predicted molar refractivity (Wildman–Crippen MR) is 99.6 cm³/mol. The smallest absolute Gasteiger partial charge is 0.245 e. The Labute approximate surface area is 160 Å². The molecule has 1 aromatic carbocycles. The Balaban J connectivity index is 1.62. The van der Waals surface area contributed by atoms with E-state index in [2.05, 4.69) is 15.6 Å². The van der Waals surface area contributed by atoms with E-state index in [4.69, 9.17) is 11.6 Å². The van der Waals surface area contributed by atoms with Crippen LogP contribution in [-0.2, 0) is 18.4 Å². The molecule has 7 nitrogen and oxygen atoms in total. The Morgan fingerprint density at radius 3 is 2.77 bits per heavy atom. The second kappa shape index (κ2) is 7.92. The number of carbonyl (C=O) groups excluding carboxylic acids is 2. The lowest BCUT2D eigenvalue weighted by Crippen LogP contribution is -2.44. The van der Waals surface area contributed by atoms with Crippen LogP contribution in [-0.4, -0.2) is 37.2 Å². The van der Waals surface area contributed by atoms with E-state index >= 15 is 0 Å². The van der Waals surface area contributed by atoms with Gasteiger partial charge < -0.3 is 9.99 Å². The fourth-order valence-corrected chi connectivity index (χ4v) is 3.35. The van der Waals surface area contributed by atoms with Crippen LogP contribution in [0.5, 0.6) is 0 Å². The summed E-state index contributed by atoms with van der Waals surface area (Å²) in [7, 11) is 1.82. The van der Waals surface area contributed by atoms with Crippen LogP contribution in [0.1, 0.15) is 29.5 Å². The van der Waals surface area contributed by atoms with Crippen molar-refractivity contribution in [3.63, 3.8) is 0 Å². The molecule has 1 aromatic heterocycles. The van der Waals surface area contributed by atoms with Crippen LogP contribution in [0.2, 0.25) is 5.02 Å². The van der Waals surface area contributed by atoms with Gasteiger partial charge in [0.25, 0.3) is 0 Å². The molecular formula is C17H18ClN5O2S. The molecule has 1 N–H and O–H groups in total. The highest BCUT2D eigenvalue weighted by Gasteiger charge is 2.21. The van der Waals surface area contributed by atoms with Gasteiger partial charge in [-0.15, -0.1) is 10.2 Å². The third-order valence-electron chi connectivity index (χ3n) is 3.92. The Hall–Kier alpha value is -2.32. The zero-order chi connectivity index (χ0) is 18.7. The Kier molecular flexibility index (Phi) is 5.63. The highest BCUT2D eigenvalue weighted by molar-refractivity contribution is 7.99. The number of amides is 1. The SMILES string of the molecule is CC1=CCC(=O)N(Cc2nnc(SCC(=O)c3ccc(Cl)cc3)n2C)N1. The number of hydrogen-bond acceptors (Lipinski definition) is 6. The number of nitrogens with one attached hydrogen (secondary N) is 1. The van der Waals surface area contributed by atoms with E-state index < -0.39 is 0 Å². The highest BCUT2D eigenvalue weighted by atomic mass is 35.5. The minimum absolute atomic E-state index is 0.00939. The van der Waals surface area contributed by atoms with Crippen molar-refractivity contribution in [1.82, 2.24) is 25.2 Å². The Bertz CT molecular complexity index is 863. The van der Waals surface area contributed by atoms with Crippen molar-refractivity contribution in [3.05, 3.63) is 52.4 Å². The van der Waals surface area contributed by atoms with Crippen LogP contribution >= 0.6 is 23.4 Å². The third-order valence-corrected chi connectivity index (χ3v) is 5.19. The fraction of sp³-hybridized carbons (Fsp3) is 0.294. The van der Waals surface area contributed by atoms with Gasteiger partial charge in [0.15, 0.2) is 16.8 Å². The molecule has 2 aromatic rings. The van der Waals surface area contributed by atoms with Crippen molar-refractivity contribution in [2.24, 2.45) is 7.05 Å². The van der Waals surface area contributed by atoms with E-state index in [9.17, 15) is 9.59 Å². The number of thioether (sulfide) groups is 1. The highest BCUT2D eigenvalue weighted by Crippen LogP contribution is 2.19. The number of rotatable bonds is 6. The van der Waals surface area contributed by atoms with Crippen molar-refractivity contribution < 1.29 is 9.59 Å². The van der Waals surface area contributed by atoms with Gasteiger partial charge in [-0.2, -0.15) is 0 Å². The number of carbonyl (C=O) groups is 2. The molecule has 136 valence electrons. The Morgan fingerprint density at radius 1 is 1.31 bits per heavy atom. The molecule has 0 saturated carbocycles. The summed E-state index contributed by atoms with van der Waals surface area (Å²) in [6.07, 6.45) is 2.22. The molecule has 0 saturated heterocycles. The maximum atomic E-state index is 12.3. The first-order chi connectivity index (χ1) is 12.4. The number of ketones is 1. The lowest BCUT2D eigenvalue weighted by molar-refractivity contribution is -0.134. The van der Waals surface area contributed by atoms with Crippen LogP contribution in [0.4, 0.5) is 0 Å². The molecule has 2 heterocycles. The minimum atomic E-state index is -0.0225. The molecule has 0 fully saturated rings. The average Bonchev–Trinajstić information content (AvgIpc) is 2.96. The molecule has 1 amide bonds. The van der Waals surface area contributed by atoms with Crippen LogP contribution in [0.3, 0.4) is 0 Å². The van der Waals surface area contributed by atoms with Gasteiger partial charge in [0, 0.05) is 29.8 Å². The normalized spacial score (nSPS) is 14.2. The lowest BCUT2D eigenvalue weighted by atomic mass is 10.1. The average molecular weight is 392 g/mol. The first-order valence-corrected chi connectivity index (χ1v) is 9.34. The molecule has 3 rings (SSSR count). The van der Waals surface area contributed by atoms with Crippen LogP contribution < -0.4 is 5.43 Å². The van der Waals surface area contributed by atoms with E-state index in [1.54, 1.807) is 28.8 Å². The van der Waals surface area contributed by atoms with Gasteiger partial charge in [-0.25, -0.2) is 5.01 Å². The topological polar surface area (TPSA) is 80.1 Å². The van der Waals surface area contributed by atoms with E-state index in [1.165, 1.54) is 16.8 Å². The molecule has 1 aliphatic heterocycles. The number of Topliss-reactive ketones (excluding diaryl/α,β-unsaturated/α-hetero) is 1. The van der Waals surface area contributed by atoms with Gasteiger partial charge in [-0.05, 0) is 31.2 Å². The second-order valence-electron chi connectivity index (χ2n) is 5.86. The molecule has 0 unspecified atom stereocenters. The van der Waals surface area contributed by atoms with Crippen molar-refractivity contribution in [1.29, 1.82) is 0 Å². The summed E-state index contributed by atoms with van der Waals surface area (Å²) in [6, 6.07) is 6.80. The number of hydrazine groups is 1. The van der Waals surface area contributed by atoms with E-state index in [1.807, 2.05) is 20.0 Å². The van der Waals surface area contributed by atoms with Gasteiger partial charge in [0.1, 0.15) is 6.54 Å². The molecule has 0 aliphatic carbocycles. The largest absolute Gasteiger partial charge is 0.308 e. The van der Waals surface area contributed by atoms with Crippen LogP contribution in [0.25, 0.3) is 0 Å². The Morgan fingerprint density at radius 2 is 2.04 bits per heavy atom. The van der Waals surface area contributed by atoms with Crippen molar-refractivity contribution in [2.75, 3.05) is 5.75 Å². The molecule has 26 heavy (non-hydrogen) atoms. The first-order valence-electron chi connectivity index (χ1n) is 7.97. The van der Waals surface area contributed by atoms with Gasteiger partial charge in [-0.3, -0.25) is 9.59 Å². The summed E-state index contributed by atoms with van der Waals surface area (Å²) >= 11 is 7.15. The summed E-state index contributed by atoms with van der Waals surface area (Å²) in [4.78, 5) is 24.2. The van der Waals surface area contributed by atoms with Gasteiger partial charge in [-0.1, -0.05) is 29.4 Å². The summed E-state index contributed by atoms with van der Waals surface area (Å²) in [5, 5.41) is 11.0. The molecule has 0 radical (unpaired) electrons. The minimum Gasteiger partial charge on any atom is -0.308 e. The molecule has 0 spiro atoms. The summed E-state index contributed by atoms with van der Waals surface area (Å²) in [6.45, 7) is 2.21. The quantitative estimate of drug-likeness (QED) is 0.602. The molecule has 0 bridgehead atoms. The zero-order valence-corrected chi connectivity index (χ0v) is 16.0.